The van der Waals surface area contributed by atoms with Gasteiger partial charge in [0, 0.05) is 17.1 Å². The number of fused-ring (bicyclic) bond motifs is 2. The maximum atomic E-state index is 11.3. The van der Waals surface area contributed by atoms with Crippen LogP contribution in [0.2, 0.25) is 0 Å². The number of pyridine rings is 1. The SMILES string of the molecule is Cc1ccc(CC(=O)O)c(OC2CCc3ccc(-c4ccc5ccnc(N)c5c4)cc32)c1. The van der Waals surface area contributed by atoms with Crippen molar-refractivity contribution in [2.24, 2.45) is 0 Å². The number of carboxylic acids is 1. The fraction of sp³-hybridized carbons (Fsp3) is 0.185. The van der Waals surface area contributed by atoms with E-state index in [1.165, 1.54) is 5.56 Å². The third kappa shape index (κ3) is 3.78. The highest BCUT2D eigenvalue weighted by molar-refractivity contribution is 5.94. The Morgan fingerprint density at radius 3 is 2.75 bits per heavy atom. The third-order valence-corrected chi connectivity index (χ3v) is 6.13. The van der Waals surface area contributed by atoms with Crippen LogP contribution in [0.1, 0.15) is 34.8 Å². The van der Waals surface area contributed by atoms with E-state index in [4.69, 9.17) is 10.5 Å². The molecule has 0 amide bonds. The van der Waals surface area contributed by atoms with Crippen molar-refractivity contribution < 1.29 is 14.6 Å². The van der Waals surface area contributed by atoms with Gasteiger partial charge in [-0.2, -0.15) is 0 Å². The minimum absolute atomic E-state index is 0.0538. The van der Waals surface area contributed by atoms with Crippen LogP contribution < -0.4 is 10.5 Å². The minimum Gasteiger partial charge on any atom is -0.485 e. The number of ether oxygens (including phenoxy) is 1. The van der Waals surface area contributed by atoms with Crippen LogP contribution in [-0.2, 0) is 17.6 Å². The standard InChI is InChI=1S/C27H24N2O3/c1-16-2-3-21(15-26(30)31)25(12-16)32-24-9-8-17-4-6-19(13-22(17)24)20-7-5-18-10-11-29-27(28)23(18)14-20/h2-7,10-14,24H,8-9,15H2,1H3,(H2,28,29)(H,30,31). The average Bonchev–Trinajstić information content (AvgIpc) is 3.17. The lowest BCUT2D eigenvalue weighted by atomic mass is 9.98. The summed E-state index contributed by atoms with van der Waals surface area (Å²) >= 11 is 0. The van der Waals surface area contributed by atoms with E-state index in [9.17, 15) is 9.90 Å². The topological polar surface area (TPSA) is 85.4 Å². The molecular weight excluding hydrogens is 400 g/mol. The number of carboxylic acid groups (broad SMARTS) is 1. The van der Waals surface area contributed by atoms with Crippen molar-refractivity contribution >= 4 is 22.6 Å². The Kier molecular flexibility index (Phi) is 5.02. The van der Waals surface area contributed by atoms with E-state index in [-0.39, 0.29) is 12.5 Å². The Morgan fingerprint density at radius 1 is 1.09 bits per heavy atom. The molecule has 0 saturated carbocycles. The fourth-order valence-corrected chi connectivity index (χ4v) is 4.47. The number of aromatic nitrogens is 1. The molecule has 1 atom stereocenters. The number of aryl methyl sites for hydroxylation is 2. The van der Waals surface area contributed by atoms with Gasteiger partial charge in [0.05, 0.1) is 6.42 Å². The highest BCUT2D eigenvalue weighted by Crippen LogP contribution is 2.39. The van der Waals surface area contributed by atoms with Crippen LogP contribution in [0.4, 0.5) is 5.82 Å². The van der Waals surface area contributed by atoms with Crippen molar-refractivity contribution in [3.63, 3.8) is 0 Å². The summed E-state index contributed by atoms with van der Waals surface area (Å²) in [6.07, 6.45) is 3.37. The Balaban J connectivity index is 1.49. The molecule has 1 unspecified atom stereocenters. The molecule has 160 valence electrons. The van der Waals surface area contributed by atoms with Crippen LogP contribution in [-0.4, -0.2) is 16.1 Å². The van der Waals surface area contributed by atoms with Gasteiger partial charge in [0.1, 0.15) is 17.7 Å². The molecule has 0 bridgehead atoms. The van der Waals surface area contributed by atoms with E-state index in [1.807, 2.05) is 31.2 Å². The number of aliphatic carboxylic acids is 1. The van der Waals surface area contributed by atoms with E-state index in [0.717, 1.165) is 45.9 Å². The van der Waals surface area contributed by atoms with Crippen molar-refractivity contribution in [2.75, 3.05) is 5.73 Å². The molecule has 5 nitrogen and oxygen atoms in total. The van der Waals surface area contributed by atoms with E-state index in [1.54, 1.807) is 6.20 Å². The summed E-state index contributed by atoms with van der Waals surface area (Å²) in [6, 6.07) is 20.4. The second-order valence-electron chi connectivity index (χ2n) is 8.37. The van der Waals surface area contributed by atoms with Crippen LogP contribution >= 0.6 is 0 Å². The second-order valence-corrected chi connectivity index (χ2v) is 8.37. The average molecular weight is 425 g/mol. The van der Waals surface area contributed by atoms with Gasteiger partial charge in [0.25, 0.3) is 0 Å². The zero-order valence-corrected chi connectivity index (χ0v) is 17.8. The van der Waals surface area contributed by atoms with Crippen molar-refractivity contribution in [3.05, 3.63) is 89.1 Å². The molecule has 3 aromatic carbocycles. The number of carbonyl (C=O) groups is 1. The number of nitrogen functional groups attached to an aromatic ring is 1. The van der Waals surface area contributed by atoms with Gasteiger partial charge in [-0.1, -0.05) is 36.4 Å². The van der Waals surface area contributed by atoms with Gasteiger partial charge in [-0.3, -0.25) is 4.79 Å². The first kappa shape index (κ1) is 20.1. The minimum atomic E-state index is -0.863. The molecule has 4 aromatic rings. The Morgan fingerprint density at radius 2 is 1.91 bits per heavy atom. The molecule has 5 rings (SSSR count). The van der Waals surface area contributed by atoms with Gasteiger partial charge in [0.15, 0.2) is 0 Å². The molecule has 0 spiro atoms. The second kappa shape index (κ2) is 8.00. The Hall–Kier alpha value is -3.86. The largest absolute Gasteiger partial charge is 0.485 e. The van der Waals surface area contributed by atoms with Crippen LogP contribution in [0.3, 0.4) is 0 Å². The molecule has 0 fully saturated rings. The number of hydrogen-bond acceptors (Lipinski definition) is 4. The van der Waals surface area contributed by atoms with E-state index < -0.39 is 5.97 Å². The molecule has 0 radical (unpaired) electrons. The zero-order valence-electron chi connectivity index (χ0n) is 17.8. The van der Waals surface area contributed by atoms with Gasteiger partial charge in [0.2, 0.25) is 0 Å². The number of nitrogens with zero attached hydrogens (tertiary/aromatic N) is 1. The molecule has 3 N–H and O–H groups in total. The summed E-state index contributed by atoms with van der Waals surface area (Å²) < 4.78 is 6.40. The lowest BCUT2D eigenvalue weighted by Gasteiger charge is -2.19. The summed E-state index contributed by atoms with van der Waals surface area (Å²) in [6.45, 7) is 1.98. The van der Waals surface area contributed by atoms with Gasteiger partial charge in [-0.25, -0.2) is 4.98 Å². The first-order valence-corrected chi connectivity index (χ1v) is 10.7. The first-order chi connectivity index (χ1) is 15.5. The molecule has 32 heavy (non-hydrogen) atoms. The number of nitrogens with two attached hydrogens (primary N) is 1. The van der Waals surface area contributed by atoms with Gasteiger partial charge >= 0.3 is 5.97 Å². The van der Waals surface area contributed by atoms with Crippen LogP contribution in [0.15, 0.2) is 66.9 Å². The lowest BCUT2D eigenvalue weighted by Crippen LogP contribution is -2.08. The van der Waals surface area contributed by atoms with Gasteiger partial charge in [-0.15, -0.1) is 0 Å². The summed E-state index contributed by atoms with van der Waals surface area (Å²) in [5.41, 5.74) is 12.4. The summed E-state index contributed by atoms with van der Waals surface area (Å²) in [4.78, 5) is 15.5. The molecule has 0 saturated heterocycles. The maximum absolute atomic E-state index is 11.3. The quantitative estimate of drug-likeness (QED) is 0.443. The van der Waals surface area contributed by atoms with Crippen LogP contribution in [0.5, 0.6) is 5.75 Å². The van der Waals surface area contributed by atoms with Crippen molar-refractivity contribution in [1.82, 2.24) is 4.98 Å². The number of benzene rings is 3. The predicted molar refractivity (Wildman–Crippen MR) is 126 cm³/mol. The van der Waals surface area contributed by atoms with E-state index in [0.29, 0.717) is 17.1 Å². The van der Waals surface area contributed by atoms with Crippen molar-refractivity contribution in [1.29, 1.82) is 0 Å². The smallest absolute Gasteiger partial charge is 0.307 e. The monoisotopic (exact) mass is 424 g/mol. The lowest BCUT2D eigenvalue weighted by molar-refractivity contribution is -0.136. The van der Waals surface area contributed by atoms with E-state index >= 15 is 0 Å². The van der Waals surface area contributed by atoms with Crippen LogP contribution in [0, 0.1) is 6.92 Å². The Labute approximate surface area is 186 Å². The highest BCUT2D eigenvalue weighted by Gasteiger charge is 2.26. The van der Waals surface area contributed by atoms with Crippen molar-refractivity contribution in [2.45, 2.75) is 32.3 Å². The third-order valence-electron chi connectivity index (χ3n) is 6.13. The van der Waals surface area contributed by atoms with E-state index in [2.05, 4.69) is 41.4 Å². The molecule has 1 heterocycles. The molecular formula is C27H24N2O3. The summed E-state index contributed by atoms with van der Waals surface area (Å²) in [5, 5.41) is 11.3. The van der Waals surface area contributed by atoms with Gasteiger partial charge < -0.3 is 15.6 Å². The molecule has 1 aliphatic rings. The predicted octanol–water partition coefficient (Wildman–Crippen LogP) is 5.49. The molecule has 0 aliphatic heterocycles. The Bertz CT molecular complexity index is 1350. The van der Waals surface area contributed by atoms with Gasteiger partial charge in [-0.05, 0) is 77.2 Å². The molecule has 1 aliphatic carbocycles. The maximum Gasteiger partial charge on any atom is 0.307 e. The number of rotatable bonds is 5. The fourth-order valence-electron chi connectivity index (χ4n) is 4.47. The number of anilines is 1. The zero-order chi connectivity index (χ0) is 22.2. The highest BCUT2D eigenvalue weighted by atomic mass is 16.5. The molecule has 5 heteroatoms. The molecule has 1 aromatic heterocycles. The summed E-state index contributed by atoms with van der Waals surface area (Å²) in [7, 11) is 0. The number of hydrogen-bond donors (Lipinski definition) is 2. The normalized spacial score (nSPS) is 15.0. The first-order valence-electron chi connectivity index (χ1n) is 10.7. The van der Waals surface area contributed by atoms with Crippen molar-refractivity contribution in [3.8, 4) is 16.9 Å². The summed E-state index contributed by atoms with van der Waals surface area (Å²) in [5.74, 6) is 0.315. The van der Waals surface area contributed by atoms with Crippen LogP contribution in [0.25, 0.3) is 21.9 Å².